The molecule has 0 spiro atoms. The van der Waals surface area contributed by atoms with Gasteiger partial charge in [-0.1, -0.05) is 11.6 Å². The molecule has 0 aliphatic heterocycles. The van der Waals surface area contributed by atoms with E-state index in [9.17, 15) is 9.59 Å². The maximum absolute atomic E-state index is 10.9. The van der Waals surface area contributed by atoms with E-state index in [-0.39, 0.29) is 10.6 Å². The molecule has 0 atom stereocenters. The number of rotatable bonds is 1. The molecule has 0 bridgehead atoms. The highest BCUT2D eigenvalue weighted by Gasteiger charge is 2.07. The molecular weight excluding hydrogens is 180 g/mol. The van der Waals surface area contributed by atoms with Crippen LogP contribution in [0.15, 0.2) is 23.5 Å². The average Bonchev–Trinajstić information content (AvgIpc) is 2.05. The van der Waals surface area contributed by atoms with Gasteiger partial charge in [0.05, 0.1) is 10.6 Å². The van der Waals surface area contributed by atoms with Crippen molar-refractivity contribution < 1.29 is 9.59 Å². The predicted molar refractivity (Wildman–Crippen MR) is 41.7 cm³/mol. The number of pyridine rings is 1. The number of nitrogens with zero attached hydrogens (tertiary/aromatic N) is 2. The largest absolute Gasteiger partial charge is 0.289 e. The Morgan fingerprint density at radius 3 is 3.00 bits per heavy atom. The number of hydrogen-bond acceptors (Lipinski definition) is 3. The van der Waals surface area contributed by atoms with Crippen LogP contribution in [-0.4, -0.2) is 17.0 Å². The highest BCUT2D eigenvalue weighted by molar-refractivity contribution is 6.33. The third-order valence-electron chi connectivity index (χ3n) is 1.15. The van der Waals surface area contributed by atoms with Gasteiger partial charge in [-0.15, -0.1) is 4.99 Å². The first-order valence-corrected chi connectivity index (χ1v) is 3.35. The minimum atomic E-state index is -0.711. The lowest BCUT2D eigenvalue weighted by Gasteiger charge is -1.94. The SMILES string of the molecule is O=C=NC(=O)c1ccncc1Cl. The quantitative estimate of drug-likeness (QED) is 0.485. The van der Waals surface area contributed by atoms with E-state index in [1.54, 1.807) is 0 Å². The fourth-order valence-corrected chi connectivity index (χ4v) is 0.850. The van der Waals surface area contributed by atoms with Gasteiger partial charge in [0.1, 0.15) is 0 Å². The predicted octanol–water partition coefficient (Wildman–Crippen LogP) is 1.21. The molecule has 0 radical (unpaired) electrons. The summed E-state index contributed by atoms with van der Waals surface area (Å²) in [5.74, 6) is -0.711. The molecule has 1 aromatic rings. The van der Waals surface area contributed by atoms with Crippen molar-refractivity contribution in [2.24, 2.45) is 4.99 Å². The number of aliphatic imine (C=N–C) groups is 1. The molecule has 0 saturated carbocycles. The minimum Gasteiger partial charge on any atom is -0.266 e. The molecule has 0 fully saturated rings. The molecule has 4 nitrogen and oxygen atoms in total. The van der Waals surface area contributed by atoms with Gasteiger partial charge in [0.15, 0.2) is 0 Å². The second-order valence-electron chi connectivity index (χ2n) is 1.86. The van der Waals surface area contributed by atoms with Gasteiger partial charge >= 0.3 is 0 Å². The van der Waals surface area contributed by atoms with E-state index in [0.717, 1.165) is 6.08 Å². The number of carbonyl (C=O) groups is 1. The van der Waals surface area contributed by atoms with Crippen molar-refractivity contribution in [1.29, 1.82) is 0 Å². The summed E-state index contributed by atoms with van der Waals surface area (Å²) in [5, 5.41) is 0.168. The zero-order chi connectivity index (χ0) is 8.97. The van der Waals surface area contributed by atoms with Crippen molar-refractivity contribution >= 4 is 23.6 Å². The molecule has 0 saturated heterocycles. The fraction of sp³-hybridized carbons (Fsp3) is 0. The Morgan fingerprint density at radius 2 is 2.42 bits per heavy atom. The molecule has 0 N–H and O–H groups in total. The van der Waals surface area contributed by atoms with Crippen molar-refractivity contribution in [3.63, 3.8) is 0 Å². The average molecular weight is 183 g/mol. The van der Waals surface area contributed by atoms with Gasteiger partial charge in [-0.25, -0.2) is 4.79 Å². The first-order chi connectivity index (χ1) is 5.75. The van der Waals surface area contributed by atoms with Crippen LogP contribution in [0.5, 0.6) is 0 Å². The lowest BCUT2D eigenvalue weighted by molar-refractivity contribution is 0.100. The van der Waals surface area contributed by atoms with Gasteiger partial charge in [-0.05, 0) is 6.07 Å². The second kappa shape index (κ2) is 3.76. The van der Waals surface area contributed by atoms with Gasteiger partial charge in [0.2, 0.25) is 6.08 Å². The smallest absolute Gasteiger partial charge is 0.266 e. The van der Waals surface area contributed by atoms with E-state index >= 15 is 0 Å². The molecule has 5 heteroatoms. The van der Waals surface area contributed by atoms with Crippen LogP contribution in [0.25, 0.3) is 0 Å². The molecule has 12 heavy (non-hydrogen) atoms. The highest BCUT2D eigenvalue weighted by atomic mass is 35.5. The van der Waals surface area contributed by atoms with Crippen LogP contribution in [0.3, 0.4) is 0 Å². The number of isocyanates is 1. The summed E-state index contributed by atoms with van der Waals surface area (Å²) < 4.78 is 0. The lowest BCUT2D eigenvalue weighted by atomic mass is 10.2. The Bertz CT molecular complexity index is 358. The van der Waals surface area contributed by atoms with Gasteiger partial charge in [0, 0.05) is 12.4 Å². The maximum atomic E-state index is 10.9. The van der Waals surface area contributed by atoms with Crippen LogP contribution >= 0.6 is 11.6 Å². The zero-order valence-electron chi connectivity index (χ0n) is 5.82. The van der Waals surface area contributed by atoms with E-state index in [1.165, 1.54) is 18.5 Å². The Balaban J connectivity index is 3.11. The molecule has 60 valence electrons. The number of aromatic nitrogens is 1. The Hall–Kier alpha value is -1.51. The summed E-state index contributed by atoms with van der Waals surface area (Å²) >= 11 is 5.58. The van der Waals surface area contributed by atoms with Crippen LogP contribution in [0, 0.1) is 0 Å². The fourth-order valence-electron chi connectivity index (χ4n) is 0.650. The summed E-state index contributed by atoms with van der Waals surface area (Å²) in [6, 6.07) is 1.38. The van der Waals surface area contributed by atoms with E-state index in [1.807, 2.05) is 0 Å². The molecule has 0 unspecified atom stereocenters. The van der Waals surface area contributed by atoms with Crippen molar-refractivity contribution in [3.8, 4) is 0 Å². The second-order valence-corrected chi connectivity index (χ2v) is 2.27. The van der Waals surface area contributed by atoms with Gasteiger partial charge in [-0.2, -0.15) is 0 Å². The van der Waals surface area contributed by atoms with Gasteiger partial charge in [0.25, 0.3) is 5.91 Å². The number of halogens is 1. The van der Waals surface area contributed by atoms with Crippen LogP contribution in [0.2, 0.25) is 5.02 Å². The first kappa shape index (κ1) is 8.59. The zero-order valence-corrected chi connectivity index (χ0v) is 6.58. The number of carbonyl (C=O) groups excluding carboxylic acids is 2. The molecule has 1 rings (SSSR count). The van der Waals surface area contributed by atoms with Crippen molar-refractivity contribution in [2.75, 3.05) is 0 Å². The van der Waals surface area contributed by atoms with Crippen LogP contribution in [-0.2, 0) is 4.79 Å². The topological polar surface area (TPSA) is 59.4 Å². The Kier molecular flexibility index (Phi) is 2.69. The first-order valence-electron chi connectivity index (χ1n) is 2.97. The Morgan fingerprint density at radius 1 is 1.67 bits per heavy atom. The van der Waals surface area contributed by atoms with E-state index in [0.29, 0.717) is 0 Å². The van der Waals surface area contributed by atoms with Crippen molar-refractivity contribution in [2.45, 2.75) is 0 Å². The Labute approximate surface area is 72.9 Å². The van der Waals surface area contributed by atoms with E-state index in [2.05, 4.69) is 9.98 Å². The third kappa shape index (κ3) is 1.75. The molecule has 0 aliphatic carbocycles. The monoisotopic (exact) mass is 182 g/mol. The van der Waals surface area contributed by atoms with Gasteiger partial charge in [-0.3, -0.25) is 9.78 Å². The maximum Gasteiger partial charge on any atom is 0.289 e. The van der Waals surface area contributed by atoms with Gasteiger partial charge < -0.3 is 0 Å². The van der Waals surface area contributed by atoms with E-state index < -0.39 is 5.91 Å². The molecule has 0 aromatic carbocycles. The van der Waals surface area contributed by atoms with Crippen LogP contribution in [0.4, 0.5) is 0 Å². The number of hydrogen-bond donors (Lipinski definition) is 0. The standard InChI is InChI=1S/C7H3ClN2O2/c8-6-3-9-2-1-5(6)7(12)10-4-11/h1-3H. The normalized spacial score (nSPS) is 8.75. The van der Waals surface area contributed by atoms with Crippen molar-refractivity contribution in [3.05, 3.63) is 29.0 Å². The summed E-state index contributed by atoms with van der Waals surface area (Å²) in [7, 11) is 0. The third-order valence-corrected chi connectivity index (χ3v) is 1.45. The highest BCUT2D eigenvalue weighted by Crippen LogP contribution is 2.13. The summed E-state index contributed by atoms with van der Waals surface area (Å²) in [6.07, 6.45) is 3.83. The molecule has 1 heterocycles. The summed E-state index contributed by atoms with van der Waals surface area (Å²) in [6.45, 7) is 0. The molecule has 1 aromatic heterocycles. The summed E-state index contributed by atoms with van der Waals surface area (Å²) in [5.41, 5.74) is 0.148. The minimum absolute atomic E-state index is 0.148. The summed E-state index contributed by atoms with van der Waals surface area (Å²) in [4.78, 5) is 27.2. The van der Waals surface area contributed by atoms with E-state index in [4.69, 9.17) is 11.6 Å². The molecule has 1 amide bonds. The molecule has 0 aliphatic rings. The number of amides is 1. The van der Waals surface area contributed by atoms with Crippen LogP contribution in [0.1, 0.15) is 10.4 Å². The van der Waals surface area contributed by atoms with Crippen molar-refractivity contribution in [1.82, 2.24) is 4.98 Å². The lowest BCUT2D eigenvalue weighted by Crippen LogP contribution is -1.95. The van der Waals surface area contributed by atoms with Crippen LogP contribution < -0.4 is 0 Å². The molecular formula is C7H3ClN2O2.